The predicted octanol–water partition coefficient (Wildman–Crippen LogP) is 3.34. The topological polar surface area (TPSA) is 48.8 Å². The Kier molecular flexibility index (Phi) is 9.82. The van der Waals surface area contributed by atoms with E-state index in [4.69, 9.17) is 0 Å². The van der Waals surface area contributed by atoms with Gasteiger partial charge >= 0.3 is 0 Å². The van der Waals surface area contributed by atoms with Gasteiger partial charge in [-0.05, 0) is 37.5 Å². The third-order valence-corrected chi connectivity index (χ3v) is 4.16. The second-order valence-corrected chi connectivity index (χ2v) is 6.12. The molecule has 0 bridgehead atoms. The van der Waals surface area contributed by atoms with E-state index in [-0.39, 0.29) is 0 Å². The minimum atomic E-state index is 0.698. The molecule has 6 heteroatoms. The molecule has 0 aliphatic rings. The van der Waals surface area contributed by atoms with Crippen molar-refractivity contribution in [1.82, 2.24) is 10.6 Å². The second-order valence-electron chi connectivity index (χ2n) is 4.53. The Morgan fingerprint density at radius 3 is 1.73 bits per heavy atom. The third-order valence-electron chi connectivity index (χ3n) is 2.84. The highest BCUT2D eigenvalue weighted by Crippen LogP contribution is 2.10. The van der Waals surface area contributed by atoms with E-state index in [1.165, 1.54) is 11.1 Å². The molecule has 2 N–H and O–H groups in total. The van der Waals surface area contributed by atoms with Gasteiger partial charge in [-0.2, -0.15) is 0 Å². The largest absolute Gasteiger partial charge is 0.365 e. The molecular formula is C16H26N4S2. The van der Waals surface area contributed by atoms with E-state index < -0.39 is 0 Å². The molecule has 0 heterocycles. The van der Waals surface area contributed by atoms with Gasteiger partial charge in [0.2, 0.25) is 0 Å². The Balaban J connectivity index is 2.69. The lowest BCUT2D eigenvalue weighted by Crippen LogP contribution is -2.19. The molecule has 0 unspecified atom stereocenters. The molecule has 1 aromatic carbocycles. The summed E-state index contributed by atoms with van der Waals surface area (Å²) in [6.07, 6.45) is 4.08. The summed E-state index contributed by atoms with van der Waals surface area (Å²) in [6.45, 7) is 7.36. The standard InChI is InChI=1S/C16H26N4S2/c1-5-17-15(21-3)19-11-13-8-7-9-14(10-13)12-20-16(22-4)18-6-2/h7-10H,5-6,11-12H2,1-4H3,(H,17,19)(H,18,20). The maximum absolute atomic E-state index is 4.60. The summed E-state index contributed by atoms with van der Waals surface area (Å²) < 4.78 is 0. The van der Waals surface area contributed by atoms with Gasteiger partial charge in [0.05, 0.1) is 13.1 Å². The van der Waals surface area contributed by atoms with Crippen LogP contribution in [-0.2, 0) is 13.1 Å². The fraction of sp³-hybridized carbons (Fsp3) is 0.500. The molecule has 0 atom stereocenters. The van der Waals surface area contributed by atoms with Crippen molar-refractivity contribution in [1.29, 1.82) is 0 Å². The molecule has 4 nitrogen and oxygen atoms in total. The number of hydrogen-bond donors (Lipinski definition) is 2. The van der Waals surface area contributed by atoms with E-state index in [9.17, 15) is 0 Å². The van der Waals surface area contributed by atoms with Crippen LogP contribution in [0.3, 0.4) is 0 Å². The number of thioether (sulfide) groups is 2. The van der Waals surface area contributed by atoms with Crippen molar-refractivity contribution in [2.75, 3.05) is 25.6 Å². The van der Waals surface area contributed by atoms with Crippen molar-refractivity contribution in [2.45, 2.75) is 26.9 Å². The monoisotopic (exact) mass is 338 g/mol. The summed E-state index contributed by atoms with van der Waals surface area (Å²) in [5.41, 5.74) is 2.43. The molecule has 0 saturated carbocycles. The predicted molar refractivity (Wildman–Crippen MR) is 103 cm³/mol. The molecule has 0 radical (unpaired) electrons. The number of nitrogens with one attached hydrogen (secondary N) is 2. The zero-order valence-corrected chi connectivity index (χ0v) is 15.5. The number of aliphatic imine (C=N–C) groups is 2. The molecule has 0 aromatic heterocycles. The van der Waals surface area contributed by atoms with E-state index in [1.54, 1.807) is 23.5 Å². The number of hydrogen-bond acceptors (Lipinski definition) is 4. The Bertz CT molecular complexity index is 459. The van der Waals surface area contributed by atoms with Crippen molar-refractivity contribution in [3.05, 3.63) is 35.4 Å². The second kappa shape index (κ2) is 11.4. The first kappa shape index (κ1) is 18.9. The molecule has 1 aromatic rings. The maximum Gasteiger partial charge on any atom is 0.156 e. The van der Waals surface area contributed by atoms with Crippen LogP contribution in [0.15, 0.2) is 34.3 Å². The summed E-state index contributed by atoms with van der Waals surface area (Å²) in [5.74, 6) is 0. The van der Waals surface area contributed by atoms with E-state index in [2.05, 4.69) is 58.7 Å². The van der Waals surface area contributed by atoms with Gasteiger partial charge in [-0.1, -0.05) is 47.8 Å². The van der Waals surface area contributed by atoms with Gasteiger partial charge in [0.1, 0.15) is 0 Å². The first-order chi connectivity index (χ1) is 10.7. The van der Waals surface area contributed by atoms with Gasteiger partial charge in [0, 0.05) is 13.1 Å². The molecule has 0 saturated heterocycles. The van der Waals surface area contributed by atoms with E-state index in [0.717, 1.165) is 23.4 Å². The van der Waals surface area contributed by atoms with Crippen molar-refractivity contribution >= 4 is 33.9 Å². The normalized spacial score (nSPS) is 12.4. The molecule has 0 amide bonds. The van der Waals surface area contributed by atoms with Crippen LogP contribution in [0.1, 0.15) is 25.0 Å². The first-order valence-corrected chi connectivity index (χ1v) is 9.90. The van der Waals surface area contributed by atoms with E-state index in [1.807, 2.05) is 12.5 Å². The Hall–Kier alpha value is -1.14. The van der Waals surface area contributed by atoms with Crippen LogP contribution in [-0.4, -0.2) is 35.9 Å². The highest BCUT2D eigenvalue weighted by molar-refractivity contribution is 8.13. The van der Waals surface area contributed by atoms with Crippen molar-refractivity contribution in [2.24, 2.45) is 9.98 Å². The van der Waals surface area contributed by atoms with Crippen LogP contribution in [0.2, 0.25) is 0 Å². The molecular weight excluding hydrogens is 312 g/mol. The number of nitrogens with zero attached hydrogens (tertiary/aromatic N) is 2. The SMILES string of the molecule is CCNC(=NCc1cccc(CN=C(NCC)SC)c1)SC. The van der Waals surface area contributed by atoms with Crippen molar-refractivity contribution in [3.63, 3.8) is 0 Å². The Labute approximate surface area is 142 Å². The van der Waals surface area contributed by atoms with Gasteiger partial charge in [-0.25, -0.2) is 0 Å². The molecule has 0 spiro atoms. The number of benzene rings is 1. The molecule has 1 rings (SSSR count). The lowest BCUT2D eigenvalue weighted by molar-refractivity contribution is 0.946. The Morgan fingerprint density at radius 1 is 0.909 bits per heavy atom. The smallest absolute Gasteiger partial charge is 0.156 e. The summed E-state index contributed by atoms with van der Waals surface area (Å²) in [4.78, 5) is 9.20. The summed E-state index contributed by atoms with van der Waals surface area (Å²) in [7, 11) is 0. The lowest BCUT2D eigenvalue weighted by Gasteiger charge is -2.07. The van der Waals surface area contributed by atoms with Crippen LogP contribution in [0, 0.1) is 0 Å². The Morgan fingerprint density at radius 2 is 1.36 bits per heavy atom. The summed E-state index contributed by atoms with van der Waals surface area (Å²) >= 11 is 3.29. The van der Waals surface area contributed by atoms with Gasteiger partial charge in [-0.3, -0.25) is 9.98 Å². The first-order valence-electron chi connectivity index (χ1n) is 7.45. The fourth-order valence-corrected chi connectivity index (χ4v) is 2.80. The average molecular weight is 339 g/mol. The van der Waals surface area contributed by atoms with Crippen LogP contribution in [0.25, 0.3) is 0 Å². The van der Waals surface area contributed by atoms with Gasteiger partial charge < -0.3 is 10.6 Å². The van der Waals surface area contributed by atoms with E-state index >= 15 is 0 Å². The highest BCUT2D eigenvalue weighted by Gasteiger charge is 1.99. The van der Waals surface area contributed by atoms with Crippen LogP contribution < -0.4 is 10.6 Å². The molecule has 0 aliphatic heterocycles. The van der Waals surface area contributed by atoms with E-state index in [0.29, 0.717) is 13.1 Å². The molecule has 22 heavy (non-hydrogen) atoms. The fourth-order valence-electron chi connectivity index (χ4n) is 1.84. The minimum absolute atomic E-state index is 0.698. The van der Waals surface area contributed by atoms with Crippen molar-refractivity contribution in [3.8, 4) is 0 Å². The lowest BCUT2D eigenvalue weighted by atomic mass is 10.1. The minimum Gasteiger partial charge on any atom is -0.365 e. The van der Waals surface area contributed by atoms with Gasteiger partial charge in [-0.15, -0.1) is 0 Å². The van der Waals surface area contributed by atoms with Crippen molar-refractivity contribution < 1.29 is 0 Å². The molecule has 122 valence electrons. The quantitative estimate of drug-likeness (QED) is 0.617. The number of rotatable bonds is 6. The van der Waals surface area contributed by atoms with Crippen LogP contribution in [0.5, 0.6) is 0 Å². The zero-order chi connectivity index (χ0) is 16.2. The van der Waals surface area contributed by atoms with Crippen LogP contribution >= 0.6 is 23.5 Å². The molecule has 0 aliphatic carbocycles. The van der Waals surface area contributed by atoms with Gasteiger partial charge in [0.25, 0.3) is 0 Å². The highest BCUT2D eigenvalue weighted by atomic mass is 32.2. The number of amidine groups is 2. The van der Waals surface area contributed by atoms with Gasteiger partial charge in [0.15, 0.2) is 10.3 Å². The summed E-state index contributed by atoms with van der Waals surface area (Å²) in [6, 6.07) is 8.48. The average Bonchev–Trinajstić information content (AvgIpc) is 2.55. The zero-order valence-electron chi connectivity index (χ0n) is 13.8. The van der Waals surface area contributed by atoms with Crippen LogP contribution in [0.4, 0.5) is 0 Å². The maximum atomic E-state index is 4.60. The summed E-state index contributed by atoms with van der Waals surface area (Å²) in [5, 5.41) is 8.50. The third kappa shape index (κ3) is 7.22. The molecule has 0 fully saturated rings.